The number of rotatable bonds is 8. The molecular weight excluding hydrogens is 394 g/mol. The maximum Gasteiger partial charge on any atom is 0.339 e. The number of urea groups is 1. The molecule has 2 aromatic carbocycles. The minimum atomic E-state index is -4.02. The van der Waals surface area contributed by atoms with Crippen molar-refractivity contribution in [1.29, 1.82) is 0 Å². The number of benzene rings is 2. The predicted octanol–water partition coefficient (Wildman–Crippen LogP) is 2.21. The van der Waals surface area contributed by atoms with Crippen molar-refractivity contribution < 1.29 is 23.1 Å². The molecule has 0 aliphatic heterocycles. The van der Waals surface area contributed by atoms with Gasteiger partial charge in [0.25, 0.3) is 0 Å². The number of amides is 2. The van der Waals surface area contributed by atoms with Gasteiger partial charge in [0.15, 0.2) is 9.84 Å². The Balaban J connectivity index is 2.19. The summed E-state index contributed by atoms with van der Waals surface area (Å²) in [5.41, 5.74) is 8.44. The van der Waals surface area contributed by atoms with Crippen molar-refractivity contribution in [3.63, 3.8) is 0 Å². The third kappa shape index (κ3) is 5.55. The normalized spacial score (nSPS) is 13.3. The lowest BCUT2D eigenvalue weighted by Crippen LogP contribution is -2.55. The van der Waals surface area contributed by atoms with E-state index < -0.39 is 20.7 Å². The topological polar surface area (TPSA) is 139 Å². The first-order chi connectivity index (χ1) is 13.6. The standard InChI is InChI=1S/C20H25N3O5S/c1-3-11-22-19(26)23-17-6-4-5-16(12-17)15-9-7-14(8-10-15)13-20(21,18(24)25)29(2,27)28/h4-10,12H,3,11,13,21H2,1-2H3,(H,24,25)(H2,22,23,26)/t20-/m0/s1. The van der Waals surface area contributed by atoms with Gasteiger partial charge in [-0.1, -0.05) is 43.3 Å². The monoisotopic (exact) mass is 419 g/mol. The molecule has 0 saturated carbocycles. The Morgan fingerprint density at radius 2 is 1.76 bits per heavy atom. The van der Waals surface area contributed by atoms with Crippen molar-refractivity contribution in [2.24, 2.45) is 5.73 Å². The summed E-state index contributed by atoms with van der Waals surface area (Å²) >= 11 is 0. The molecule has 1 atom stereocenters. The van der Waals surface area contributed by atoms with Crippen molar-refractivity contribution in [2.45, 2.75) is 24.6 Å². The molecule has 0 aromatic heterocycles. The Bertz CT molecular complexity index is 989. The number of carboxylic acids is 1. The van der Waals surface area contributed by atoms with Crippen LogP contribution in [0.3, 0.4) is 0 Å². The van der Waals surface area contributed by atoms with E-state index in [0.717, 1.165) is 23.8 Å². The smallest absolute Gasteiger partial charge is 0.339 e. The summed E-state index contributed by atoms with van der Waals surface area (Å²) in [6.07, 6.45) is 1.30. The van der Waals surface area contributed by atoms with E-state index in [1.807, 2.05) is 19.1 Å². The van der Waals surface area contributed by atoms with E-state index >= 15 is 0 Å². The lowest BCUT2D eigenvalue weighted by molar-refractivity contribution is -0.140. The van der Waals surface area contributed by atoms with Crippen molar-refractivity contribution in [2.75, 3.05) is 18.1 Å². The highest BCUT2D eigenvalue weighted by molar-refractivity contribution is 7.92. The fourth-order valence-electron chi connectivity index (χ4n) is 2.67. The van der Waals surface area contributed by atoms with E-state index in [2.05, 4.69) is 10.6 Å². The highest BCUT2D eigenvalue weighted by atomic mass is 32.2. The molecule has 2 aromatic rings. The predicted molar refractivity (Wildman–Crippen MR) is 112 cm³/mol. The van der Waals surface area contributed by atoms with Crippen molar-refractivity contribution in [3.05, 3.63) is 54.1 Å². The minimum Gasteiger partial charge on any atom is -0.479 e. The molecular formula is C20H25N3O5S. The SMILES string of the molecule is CCCNC(=O)Nc1cccc(-c2ccc(C[C@@](N)(C(=O)O)S(C)(=O)=O)cc2)c1. The molecule has 5 N–H and O–H groups in total. The van der Waals surface area contributed by atoms with Gasteiger partial charge >= 0.3 is 12.0 Å². The van der Waals surface area contributed by atoms with E-state index in [0.29, 0.717) is 17.8 Å². The van der Waals surface area contributed by atoms with E-state index in [1.165, 1.54) is 0 Å². The summed E-state index contributed by atoms with van der Waals surface area (Å²) in [5.74, 6) is -1.59. The second-order valence-corrected chi connectivity index (χ2v) is 9.08. The molecule has 0 bridgehead atoms. The fourth-order valence-corrected chi connectivity index (χ4v) is 3.42. The Labute approximate surface area is 170 Å². The highest BCUT2D eigenvalue weighted by Crippen LogP contribution is 2.25. The number of hydrogen-bond donors (Lipinski definition) is 4. The highest BCUT2D eigenvalue weighted by Gasteiger charge is 2.44. The lowest BCUT2D eigenvalue weighted by atomic mass is 10.0. The van der Waals surface area contributed by atoms with Crippen molar-refractivity contribution in [3.8, 4) is 11.1 Å². The molecule has 0 spiro atoms. The molecule has 0 aliphatic carbocycles. The first-order valence-corrected chi connectivity index (χ1v) is 10.9. The van der Waals surface area contributed by atoms with Gasteiger partial charge in [-0.15, -0.1) is 0 Å². The van der Waals surface area contributed by atoms with Crippen LogP contribution in [0.25, 0.3) is 11.1 Å². The van der Waals surface area contributed by atoms with Crippen LogP contribution in [0.4, 0.5) is 10.5 Å². The van der Waals surface area contributed by atoms with Crippen LogP contribution in [0.15, 0.2) is 48.5 Å². The third-order valence-electron chi connectivity index (χ3n) is 4.43. The minimum absolute atomic E-state index is 0.284. The van der Waals surface area contributed by atoms with Crippen LogP contribution in [0.1, 0.15) is 18.9 Å². The molecule has 0 heterocycles. The maximum absolute atomic E-state index is 11.8. The van der Waals surface area contributed by atoms with Crippen LogP contribution in [0.5, 0.6) is 0 Å². The third-order valence-corrected chi connectivity index (χ3v) is 6.08. The molecule has 0 unspecified atom stereocenters. The molecule has 156 valence electrons. The number of sulfone groups is 1. The van der Waals surface area contributed by atoms with Gasteiger partial charge in [-0.3, -0.25) is 0 Å². The fraction of sp³-hybridized carbons (Fsp3) is 0.300. The summed E-state index contributed by atoms with van der Waals surface area (Å²) in [5, 5.41) is 14.8. The van der Waals surface area contributed by atoms with E-state index in [4.69, 9.17) is 5.73 Å². The lowest BCUT2D eigenvalue weighted by Gasteiger charge is -2.22. The van der Waals surface area contributed by atoms with Crippen LogP contribution in [0, 0.1) is 0 Å². The Morgan fingerprint density at radius 1 is 1.10 bits per heavy atom. The van der Waals surface area contributed by atoms with E-state index in [1.54, 1.807) is 36.4 Å². The van der Waals surface area contributed by atoms with E-state index in [9.17, 15) is 23.1 Å². The van der Waals surface area contributed by atoms with Gasteiger partial charge in [-0.2, -0.15) is 0 Å². The number of nitrogens with two attached hydrogens (primary N) is 1. The summed E-state index contributed by atoms with van der Waals surface area (Å²) < 4.78 is 23.7. The number of carbonyl (C=O) groups excluding carboxylic acids is 1. The van der Waals surface area contributed by atoms with Crippen LogP contribution < -0.4 is 16.4 Å². The Kier molecular flexibility index (Phi) is 6.99. The van der Waals surface area contributed by atoms with E-state index in [-0.39, 0.29) is 12.5 Å². The van der Waals surface area contributed by atoms with Gasteiger partial charge in [0.05, 0.1) is 0 Å². The molecule has 29 heavy (non-hydrogen) atoms. The van der Waals surface area contributed by atoms with Crippen molar-refractivity contribution in [1.82, 2.24) is 5.32 Å². The second kappa shape index (κ2) is 9.06. The summed E-state index contributed by atoms with van der Waals surface area (Å²) in [6.45, 7) is 2.55. The zero-order valence-electron chi connectivity index (χ0n) is 16.3. The Morgan fingerprint density at radius 3 is 2.31 bits per heavy atom. The number of aliphatic carboxylic acids is 1. The molecule has 0 saturated heterocycles. The van der Waals surface area contributed by atoms with Gasteiger partial charge in [0, 0.05) is 24.9 Å². The first kappa shape index (κ1) is 22.4. The number of carbonyl (C=O) groups is 2. The zero-order valence-corrected chi connectivity index (χ0v) is 17.1. The van der Waals surface area contributed by atoms with Gasteiger partial charge < -0.3 is 21.5 Å². The first-order valence-electron chi connectivity index (χ1n) is 9.03. The summed E-state index contributed by atoms with van der Waals surface area (Å²) in [6, 6.07) is 13.7. The average Bonchev–Trinajstić information content (AvgIpc) is 2.66. The van der Waals surface area contributed by atoms with Crippen molar-refractivity contribution >= 4 is 27.5 Å². The van der Waals surface area contributed by atoms with Crippen LogP contribution in [0.2, 0.25) is 0 Å². The quantitative estimate of drug-likeness (QED) is 0.517. The largest absolute Gasteiger partial charge is 0.479 e. The molecule has 0 fully saturated rings. The number of hydrogen-bond acceptors (Lipinski definition) is 5. The maximum atomic E-state index is 11.8. The molecule has 8 nitrogen and oxygen atoms in total. The van der Waals surface area contributed by atoms with Crippen LogP contribution in [-0.4, -0.2) is 43.2 Å². The number of carboxylic acid groups (broad SMARTS) is 1. The number of nitrogens with one attached hydrogen (secondary N) is 2. The van der Waals surface area contributed by atoms with Crippen LogP contribution in [-0.2, 0) is 21.1 Å². The molecule has 0 aliphatic rings. The van der Waals surface area contributed by atoms with Crippen LogP contribution >= 0.6 is 0 Å². The molecule has 9 heteroatoms. The Hall–Kier alpha value is -2.91. The molecule has 2 amide bonds. The summed E-state index contributed by atoms with van der Waals surface area (Å²) in [7, 11) is -4.02. The molecule has 0 radical (unpaired) electrons. The number of anilines is 1. The van der Waals surface area contributed by atoms with Gasteiger partial charge in [-0.25, -0.2) is 18.0 Å². The van der Waals surface area contributed by atoms with Gasteiger partial charge in [0.1, 0.15) is 0 Å². The zero-order chi connectivity index (χ0) is 21.7. The average molecular weight is 420 g/mol. The van der Waals surface area contributed by atoms with Gasteiger partial charge in [-0.05, 0) is 35.2 Å². The second-order valence-electron chi connectivity index (χ2n) is 6.80. The van der Waals surface area contributed by atoms with Gasteiger partial charge in [0.2, 0.25) is 4.87 Å². The summed E-state index contributed by atoms with van der Waals surface area (Å²) in [4.78, 5) is 20.8. The molecule has 2 rings (SSSR count).